The van der Waals surface area contributed by atoms with Gasteiger partial charge in [-0.15, -0.1) is 0 Å². The maximum atomic E-state index is 12.9. The lowest BCUT2D eigenvalue weighted by molar-refractivity contribution is -0.270. The molecule has 4 nitrogen and oxygen atoms in total. The number of hydrogen-bond donors (Lipinski definition) is 1. The van der Waals surface area contributed by atoms with Crippen molar-refractivity contribution in [3.05, 3.63) is 0 Å². The summed E-state index contributed by atoms with van der Waals surface area (Å²) >= 11 is 0. The average Bonchev–Trinajstić information content (AvgIpc) is 2.24. The minimum Gasteiger partial charge on any atom is -0.461 e. The summed E-state index contributed by atoms with van der Waals surface area (Å²) in [5.74, 6) is -9.42. The highest BCUT2D eigenvalue weighted by Crippen LogP contribution is 2.35. The van der Waals surface area contributed by atoms with Gasteiger partial charge in [0.1, 0.15) is 6.04 Å². The van der Waals surface area contributed by atoms with Crippen LogP contribution in [-0.2, 0) is 14.3 Å². The zero-order valence-corrected chi connectivity index (χ0v) is 12.1. The summed E-state index contributed by atoms with van der Waals surface area (Å²) in [5.41, 5.74) is 0. The molecule has 0 saturated heterocycles. The van der Waals surface area contributed by atoms with Crippen LogP contribution in [-0.4, -0.2) is 36.1 Å². The molecule has 0 radical (unpaired) electrons. The Morgan fingerprint density at radius 3 is 1.86 bits per heavy atom. The van der Waals surface area contributed by atoms with Gasteiger partial charge in [-0.1, -0.05) is 13.8 Å². The highest BCUT2D eigenvalue weighted by atomic mass is 19.4. The molecular formula is C12H18F5NO3. The minimum atomic E-state index is -6.03. The maximum absolute atomic E-state index is 12.9. The highest BCUT2D eigenvalue weighted by Gasteiger charge is 2.63. The van der Waals surface area contributed by atoms with Crippen LogP contribution in [0.5, 0.6) is 0 Å². The van der Waals surface area contributed by atoms with Crippen LogP contribution in [0.2, 0.25) is 0 Å². The van der Waals surface area contributed by atoms with Crippen LogP contribution in [0.25, 0.3) is 0 Å². The summed E-state index contributed by atoms with van der Waals surface area (Å²) in [4.78, 5) is 22.7. The molecular weight excluding hydrogens is 301 g/mol. The summed E-state index contributed by atoms with van der Waals surface area (Å²) in [6, 6.07) is -1.56. The number of nitrogens with one attached hydrogen (secondary N) is 1. The molecule has 0 unspecified atom stereocenters. The molecule has 0 aliphatic heterocycles. The van der Waals surface area contributed by atoms with E-state index in [-0.39, 0.29) is 12.3 Å². The van der Waals surface area contributed by atoms with Crippen LogP contribution in [0.3, 0.4) is 0 Å². The lowest BCUT2D eigenvalue weighted by Gasteiger charge is -2.24. The fourth-order valence-electron chi connectivity index (χ4n) is 1.38. The summed E-state index contributed by atoms with van der Waals surface area (Å²) in [6.07, 6.45) is -6.74. The van der Waals surface area contributed by atoms with E-state index in [4.69, 9.17) is 4.74 Å². The largest absolute Gasteiger partial charge is 0.463 e. The van der Waals surface area contributed by atoms with Crippen molar-refractivity contribution < 1.29 is 36.3 Å². The molecule has 0 aliphatic rings. The Labute approximate surface area is 119 Å². The van der Waals surface area contributed by atoms with Gasteiger partial charge >= 0.3 is 24.0 Å². The Morgan fingerprint density at radius 2 is 1.52 bits per heavy atom. The molecule has 0 aliphatic carbocycles. The fraction of sp³-hybridized carbons (Fsp3) is 0.833. The second kappa shape index (κ2) is 7.04. The molecule has 21 heavy (non-hydrogen) atoms. The molecule has 124 valence electrons. The van der Waals surface area contributed by atoms with Crippen LogP contribution < -0.4 is 5.32 Å². The Hall–Kier alpha value is -1.41. The molecule has 0 spiro atoms. The Morgan fingerprint density at radius 1 is 1.05 bits per heavy atom. The van der Waals surface area contributed by atoms with Gasteiger partial charge in [-0.3, -0.25) is 4.79 Å². The highest BCUT2D eigenvalue weighted by molar-refractivity contribution is 5.89. The second-order valence-electron chi connectivity index (χ2n) is 5.21. The van der Waals surface area contributed by atoms with Crippen LogP contribution in [0, 0.1) is 5.92 Å². The van der Waals surface area contributed by atoms with E-state index in [2.05, 4.69) is 0 Å². The van der Waals surface area contributed by atoms with E-state index in [0.717, 1.165) is 0 Å². The number of amides is 1. The Balaban J connectivity index is 5.06. The van der Waals surface area contributed by atoms with E-state index in [1.807, 2.05) is 0 Å². The molecule has 0 rings (SSSR count). The van der Waals surface area contributed by atoms with Gasteiger partial charge in [0, 0.05) is 0 Å². The molecule has 0 heterocycles. The maximum Gasteiger partial charge on any atom is 0.463 e. The predicted molar refractivity (Wildman–Crippen MR) is 63.6 cm³/mol. The van der Waals surface area contributed by atoms with Crippen molar-refractivity contribution in [1.29, 1.82) is 0 Å². The Kier molecular flexibility index (Phi) is 6.56. The summed E-state index contributed by atoms with van der Waals surface area (Å²) in [7, 11) is 0. The van der Waals surface area contributed by atoms with E-state index in [0.29, 0.717) is 0 Å². The van der Waals surface area contributed by atoms with E-state index in [9.17, 15) is 31.5 Å². The van der Waals surface area contributed by atoms with Crippen molar-refractivity contribution >= 4 is 11.9 Å². The second-order valence-corrected chi connectivity index (χ2v) is 5.21. The van der Waals surface area contributed by atoms with E-state index in [1.165, 1.54) is 19.2 Å². The first-order valence-corrected chi connectivity index (χ1v) is 6.25. The number of rotatable bonds is 6. The topological polar surface area (TPSA) is 55.4 Å². The van der Waals surface area contributed by atoms with Crippen molar-refractivity contribution in [3.8, 4) is 0 Å². The number of carbonyl (C=O) groups excluding carboxylic acids is 2. The normalized spacial score (nSPS) is 14.2. The molecule has 0 aromatic rings. The van der Waals surface area contributed by atoms with Crippen molar-refractivity contribution in [2.45, 2.75) is 58.4 Å². The summed E-state index contributed by atoms with van der Waals surface area (Å²) in [5, 5.41) is 1.42. The van der Waals surface area contributed by atoms with Gasteiger partial charge in [0.25, 0.3) is 0 Å². The molecule has 1 amide bonds. The predicted octanol–water partition coefficient (Wildman–Crippen LogP) is 2.67. The van der Waals surface area contributed by atoms with E-state index in [1.54, 1.807) is 13.8 Å². The van der Waals surface area contributed by atoms with Crippen molar-refractivity contribution in [2.24, 2.45) is 5.92 Å². The standard InChI is InChI=1S/C12H18F5NO3/c1-6(2)5-8(9(19)21-7(3)4)18-10(20)11(13,14)12(15,16)17/h6-8H,5H2,1-4H3,(H,18,20)/t8-/m0/s1. The van der Waals surface area contributed by atoms with Gasteiger partial charge < -0.3 is 10.1 Å². The van der Waals surface area contributed by atoms with E-state index < -0.39 is 36.1 Å². The number of carbonyl (C=O) groups is 2. The summed E-state index contributed by atoms with van der Waals surface area (Å²) < 4.78 is 66.7. The van der Waals surface area contributed by atoms with Crippen LogP contribution in [0.4, 0.5) is 22.0 Å². The number of ether oxygens (including phenoxy) is 1. The lowest BCUT2D eigenvalue weighted by Crippen LogP contribution is -2.55. The van der Waals surface area contributed by atoms with Crippen LogP contribution in [0.1, 0.15) is 34.1 Å². The van der Waals surface area contributed by atoms with Crippen molar-refractivity contribution in [2.75, 3.05) is 0 Å². The third-order valence-corrected chi connectivity index (χ3v) is 2.29. The van der Waals surface area contributed by atoms with Gasteiger partial charge in [0.2, 0.25) is 0 Å². The first-order chi connectivity index (χ1) is 9.29. The average molecular weight is 319 g/mol. The monoisotopic (exact) mass is 319 g/mol. The Bertz CT molecular complexity index is 380. The molecule has 1 atom stereocenters. The lowest BCUT2D eigenvalue weighted by atomic mass is 10.0. The number of alkyl halides is 5. The number of esters is 1. The number of hydrogen-bond acceptors (Lipinski definition) is 3. The molecule has 0 aromatic carbocycles. The van der Waals surface area contributed by atoms with Gasteiger partial charge in [0.15, 0.2) is 0 Å². The van der Waals surface area contributed by atoms with Crippen molar-refractivity contribution in [3.63, 3.8) is 0 Å². The first kappa shape index (κ1) is 19.6. The zero-order valence-electron chi connectivity index (χ0n) is 12.1. The van der Waals surface area contributed by atoms with Crippen molar-refractivity contribution in [1.82, 2.24) is 5.32 Å². The molecule has 0 bridgehead atoms. The number of halogens is 5. The molecule has 0 saturated carbocycles. The zero-order chi connectivity index (χ0) is 17.0. The fourth-order valence-corrected chi connectivity index (χ4v) is 1.38. The molecule has 0 aromatic heterocycles. The summed E-state index contributed by atoms with van der Waals surface area (Å²) in [6.45, 7) is 6.19. The van der Waals surface area contributed by atoms with Gasteiger partial charge in [-0.2, -0.15) is 22.0 Å². The first-order valence-electron chi connectivity index (χ1n) is 6.25. The smallest absolute Gasteiger partial charge is 0.461 e. The quantitative estimate of drug-likeness (QED) is 0.605. The third-order valence-electron chi connectivity index (χ3n) is 2.29. The third kappa shape index (κ3) is 5.84. The van der Waals surface area contributed by atoms with Gasteiger partial charge in [-0.05, 0) is 26.2 Å². The van der Waals surface area contributed by atoms with Crippen LogP contribution >= 0.6 is 0 Å². The molecule has 0 fully saturated rings. The molecule has 1 N–H and O–H groups in total. The molecule has 9 heteroatoms. The minimum absolute atomic E-state index is 0.120. The van der Waals surface area contributed by atoms with Gasteiger partial charge in [-0.25, -0.2) is 4.79 Å². The van der Waals surface area contributed by atoms with Gasteiger partial charge in [0.05, 0.1) is 6.10 Å². The SMILES string of the molecule is CC(C)C[C@H](NC(=O)C(F)(F)C(F)(F)F)C(=O)OC(C)C. The van der Waals surface area contributed by atoms with E-state index >= 15 is 0 Å². The van der Waals surface area contributed by atoms with Crippen LogP contribution in [0.15, 0.2) is 0 Å².